The molecule has 0 spiro atoms. The molecule has 0 radical (unpaired) electrons. The molecule has 13 heavy (non-hydrogen) atoms. The molecule has 2 aromatic rings. The molecule has 1 aromatic carbocycles. The van der Waals surface area contributed by atoms with E-state index in [0.717, 1.165) is 0 Å². The molecule has 66 valence electrons. The molecule has 1 nitrogen and oxygen atoms in total. The van der Waals surface area contributed by atoms with Gasteiger partial charge in [0.1, 0.15) is 11.3 Å². The molecule has 0 fully saturated rings. The van der Waals surface area contributed by atoms with Gasteiger partial charge in [0, 0.05) is 11.6 Å². The normalized spacial score (nSPS) is 10.7. The van der Waals surface area contributed by atoms with Crippen molar-refractivity contribution in [3.8, 4) is 0 Å². The average molecular weight is 260 g/mol. The zero-order chi connectivity index (χ0) is 9.42. The highest BCUT2D eigenvalue weighted by atomic mass is 79.9. The Morgan fingerprint density at radius 2 is 2.15 bits per heavy atom. The summed E-state index contributed by atoms with van der Waals surface area (Å²) in [7, 11) is 0. The van der Waals surface area contributed by atoms with Crippen LogP contribution >= 0.6 is 27.5 Å². The highest BCUT2D eigenvalue weighted by Gasteiger charge is 2.07. The standard InChI is InChI=1S/C9H4BrClFN/c10-6-4-13-9-5(8(6)11)2-1-3-7(9)12/h1-4H. The Bertz CT molecular complexity index is 472. The van der Waals surface area contributed by atoms with E-state index < -0.39 is 0 Å². The Hall–Kier alpha value is -0.670. The molecule has 1 aromatic heterocycles. The lowest BCUT2D eigenvalue weighted by Gasteiger charge is -2.01. The minimum Gasteiger partial charge on any atom is -0.252 e. The Balaban J connectivity index is 2.94. The lowest BCUT2D eigenvalue weighted by Crippen LogP contribution is -1.85. The molecule has 4 heteroatoms. The van der Waals surface area contributed by atoms with E-state index in [-0.39, 0.29) is 5.82 Å². The summed E-state index contributed by atoms with van der Waals surface area (Å²) in [5.74, 6) is -0.355. The molecule has 1 heterocycles. The van der Waals surface area contributed by atoms with E-state index in [1.165, 1.54) is 12.3 Å². The smallest absolute Gasteiger partial charge is 0.149 e. The van der Waals surface area contributed by atoms with Gasteiger partial charge in [-0.15, -0.1) is 0 Å². The van der Waals surface area contributed by atoms with Crippen LogP contribution in [0.5, 0.6) is 0 Å². The second-order valence-corrected chi connectivity index (χ2v) is 3.79. The molecule has 0 N–H and O–H groups in total. The van der Waals surface area contributed by atoms with Crippen LogP contribution in [0.25, 0.3) is 10.9 Å². The number of pyridine rings is 1. The Kier molecular flexibility index (Phi) is 2.22. The van der Waals surface area contributed by atoms with Crippen molar-refractivity contribution >= 4 is 38.4 Å². The van der Waals surface area contributed by atoms with Crippen molar-refractivity contribution < 1.29 is 4.39 Å². The first-order valence-corrected chi connectivity index (χ1v) is 4.75. The van der Waals surface area contributed by atoms with Crippen molar-refractivity contribution in [2.75, 3.05) is 0 Å². The maximum absolute atomic E-state index is 13.2. The van der Waals surface area contributed by atoms with Gasteiger partial charge in [-0.1, -0.05) is 23.7 Å². The second-order valence-electron chi connectivity index (χ2n) is 2.56. The number of fused-ring (bicyclic) bond motifs is 1. The van der Waals surface area contributed by atoms with Crippen LogP contribution < -0.4 is 0 Å². The van der Waals surface area contributed by atoms with Crippen molar-refractivity contribution in [3.63, 3.8) is 0 Å². The Labute approximate surface area is 87.7 Å². The van der Waals surface area contributed by atoms with Gasteiger partial charge in [-0.3, -0.25) is 4.98 Å². The summed E-state index contributed by atoms with van der Waals surface area (Å²) in [5.41, 5.74) is 0.302. The van der Waals surface area contributed by atoms with E-state index in [1.807, 2.05) is 0 Å². The van der Waals surface area contributed by atoms with Crippen LogP contribution in [0.3, 0.4) is 0 Å². The third kappa shape index (κ3) is 1.42. The molecular weight excluding hydrogens is 256 g/mol. The van der Waals surface area contributed by atoms with Crippen LogP contribution in [-0.4, -0.2) is 4.98 Å². The van der Waals surface area contributed by atoms with Gasteiger partial charge in [0.25, 0.3) is 0 Å². The fraction of sp³-hybridized carbons (Fsp3) is 0. The van der Waals surface area contributed by atoms with E-state index in [9.17, 15) is 4.39 Å². The number of halogens is 3. The fourth-order valence-electron chi connectivity index (χ4n) is 1.13. The molecule has 0 bridgehead atoms. The summed E-state index contributed by atoms with van der Waals surface area (Å²) in [6.45, 7) is 0. The van der Waals surface area contributed by atoms with E-state index in [0.29, 0.717) is 20.4 Å². The molecule has 0 aliphatic heterocycles. The van der Waals surface area contributed by atoms with E-state index >= 15 is 0 Å². The highest BCUT2D eigenvalue weighted by Crippen LogP contribution is 2.30. The number of aromatic nitrogens is 1. The minimum atomic E-state index is -0.355. The summed E-state index contributed by atoms with van der Waals surface area (Å²) in [6, 6.07) is 4.70. The minimum absolute atomic E-state index is 0.302. The lowest BCUT2D eigenvalue weighted by atomic mass is 10.2. The van der Waals surface area contributed by atoms with E-state index in [2.05, 4.69) is 20.9 Å². The number of rotatable bonds is 0. The van der Waals surface area contributed by atoms with E-state index in [4.69, 9.17) is 11.6 Å². The fourth-order valence-corrected chi connectivity index (χ4v) is 1.65. The molecule has 0 aliphatic carbocycles. The number of hydrogen-bond donors (Lipinski definition) is 0. The van der Waals surface area contributed by atoms with Gasteiger partial charge in [-0.05, 0) is 22.0 Å². The van der Waals surface area contributed by atoms with Crippen molar-refractivity contribution in [1.82, 2.24) is 4.98 Å². The molecule has 0 amide bonds. The molecule has 2 rings (SSSR count). The van der Waals surface area contributed by atoms with Crippen LogP contribution in [0, 0.1) is 5.82 Å². The van der Waals surface area contributed by atoms with E-state index in [1.54, 1.807) is 12.1 Å². The zero-order valence-electron chi connectivity index (χ0n) is 6.39. The Morgan fingerprint density at radius 3 is 2.92 bits per heavy atom. The maximum Gasteiger partial charge on any atom is 0.149 e. The lowest BCUT2D eigenvalue weighted by molar-refractivity contribution is 0.637. The predicted molar refractivity (Wildman–Crippen MR) is 54.4 cm³/mol. The predicted octanol–water partition coefficient (Wildman–Crippen LogP) is 3.79. The van der Waals surface area contributed by atoms with Crippen molar-refractivity contribution in [2.45, 2.75) is 0 Å². The maximum atomic E-state index is 13.2. The summed E-state index contributed by atoms with van der Waals surface area (Å²) >= 11 is 9.17. The number of para-hydroxylation sites is 1. The van der Waals surface area contributed by atoms with Gasteiger partial charge in [-0.2, -0.15) is 0 Å². The summed E-state index contributed by atoms with van der Waals surface area (Å²) in [6.07, 6.45) is 1.49. The topological polar surface area (TPSA) is 12.9 Å². The van der Waals surface area contributed by atoms with Crippen molar-refractivity contribution in [3.05, 3.63) is 39.7 Å². The highest BCUT2D eigenvalue weighted by molar-refractivity contribution is 9.10. The van der Waals surface area contributed by atoms with Crippen LogP contribution in [0.4, 0.5) is 4.39 Å². The number of hydrogen-bond acceptors (Lipinski definition) is 1. The van der Waals surface area contributed by atoms with Crippen LogP contribution in [0.2, 0.25) is 5.02 Å². The average Bonchev–Trinajstić information content (AvgIpc) is 2.12. The van der Waals surface area contributed by atoms with Crippen LogP contribution in [0.1, 0.15) is 0 Å². The van der Waals surface area contributed by atoms with Gasteiger partial charge in [-0.25, -0.2) is 4.39 Å². The number of benzene rings is 1. The molecular formula is C9H4BrClFN. The summed E-state index contributed by atoms with van der Waals surface area (Å²) < 4.78 is 13.8. The molecule has 0 saturated heterocycles. The first-order chi connectivity index (χ1) is 6.20. The third-order valence-corrected chi connectivity index (χ3v) is 2.98. The van der Waals surface area contributed by atoms with Crippen LogP contribution in [0.15, 0.2) is 28.9 Å². The molecule has 0 atom stereocenters. The van der Waals surface area contributed by atoms with Crippen LogP contribution in [-0.2, 0) is 0 Å². The molecule has 0 saturated carbocycles. The van der Waals surface area contributed by atoms with Gasteiger partial charge >= 0.3 is 0 Å². The third-order valence-electron chi connectivity index (χ3n) is 1.74. The summed E-state index contributed by atoms with van der Waals surface area (Å²) in [4.78, 5) is 3.93. The summed E-state index contributed by atoms with van der Waals surface area (Å²) in [5, 5.41) is 1.11. The quantitative estimate of drug-likeness (QED) is 0.702. The monoisotopic (exact) mass is 259 g/mol. The van der Waals surface area contributed by atoms with Gasteiger partial charge in [0.2, 0.25) is 0 Å². The Morgan fingerprint density at radius 1 is 1.38 bits per heavy atom. The van der Waals surface area contributed by atoms with Gasteiger partial charge in [0.15, 0.2) is 0 Å². The first-order valence-electron chi connectivity index (χ1n) is 3.58. The van der Waals surface area contributed by atoms with Crippen molar-refractivity contribution in [2.24, 2.45) is 0 Å². The van der Waals surface area contributed by atoms with Crippen molar-refractivity contribution in [1.29, 1.82) is 0 Å². The SMILES string of the molecule is Fc1cccc2c(Cl)c(Br)cnc12. The molecule has 0 aliphatic rings. The largest absolute Gasteiger partial charge is 0.252 e. The second kappa shape index (κ2) is 3.24. The van der Waals surface area contributed by atoms with Gasteiger partial charge in [0.05, 0.1) is 9.50 Å². The van der Waals surface area contributed by atoms with Gasteiger partial charge < -0.3 is 0 Å². The molecule has 0 unspecified atom stereocenters. The zero-order valence-corrected chi connectivity index (χ0v) is 8.73. The first kappa shape index (κ1) is 8.91. The number of nitrogens with zero attached hydrogens (tertiary/aromatic N) is 1.